The van der Waals surface area contributed by atoms with Crippen LogP contribution in [0.4, 0.5) is 20.7 Å². The average molecular weight is 543 g/mol. The van der Waals surface area contributed by atoms with E-state index < -0.39 is 11.4 Å². The number of rotatable bonds is 7. The van der Waals surface area contributed by atoms with Gasteiger partial charge in [-0.25, -0.2) is 19.2 Å². The number of allylic oxidation sites excluding steroid dienone is 1. The minimum Gasteiger partial charge on any atom is -0.493 e. The molecule has 0 radical (unpaired) electrons. The molecule has 1 saturated heterocycles. The van der Waals surface area contributed by atoms with Gasteiger partial charge in [-0.2, -0.15) is 0 Å². The number of halogens is 2. The Bertz CT molecular complexity index is 1320. The van der Waals surface area contributed by atoms with Gasteiger partial charge in [0.15, 0.2) is 11.5 Å². The van der Waals surface area contributed by atoms with E-state index >= 15 is 0 Å². The van der Waals surface area contributed by atoms with E-state index in [9.17, 15) is 9.18 Å². The van der Waals surface area contributed by atoms with Gasteiger partial charge in [-0.3, -0.25) is 0 Å². The molecule has 2 aromatic carbocycles. The summed E-state index contributed by atoms with van der Waals surface area (Å²) in [7, 11) is 1.57. The number of fused-ring (bicyclic) bond motifs is 1. The van der Waals surface area contributed by atoms with Gasteiger partial charge in [0, 0.05) is 30.2 Å². The third kappa shape index (κ3) is 7.04. The molecule has 0 spiro atoms. The predicted octanol–water partition coefficient (Wildman–Crippen LogP) is 7.10. The summed E-state index contributed by atoms with van der Waals surface area (Å²) >= 11 is 5.92. The van der Waals surface area contributed by atoms with Crippen molar-refractivity contribution in [2.75, 3.05) is 25.5 Å². The third-order valence-electron chi connectivity index (χ3n) is 6.13. The molecule has 2 heterocycles. The number of amides is 1. The lowest BCUT2D eigenvalue weighted by Gasteiger charge is -2.33. The molecule has 0 bridgehead atoms. The van der Waals surface area contributed by atoms with E-state index in [0.717, 1.165) is 19.3 Å². The number of nitrogens with one attached hydrogen (secondary N) is 1. The van der Waals surface area contributed by atoms with Crippen LogP contribution in [0.15, 0.2) is 49.0 Å². The summed E-state index contributed by atoms with van der Waals surface area (Å²) in [6.45, 7) is 6.99. The Morgan fingerprint density at radius 2 is 1.95 bits per heavy atom. The zero-order valence-corrected chi connectivity index (χ0v) is 22.7. The van der Waals surface area contributed by atoms with Crippen LogP contribution in [0.5, 0.6) is 11.5 Å². The molecular formula is C28H32ClFN4O4. The van der Waals surface area contributed by atoms with E-state index in [4.69, 9.17) is 25.8 Å². The van der Waals surface area contributed by atoms with Gasteiger partial charge in [0.2, 0.25) is 0 Å². The first-order chi connectivity index (χ1) is 18.1. The first-order valence-electron chi connectivity index (χ1n) is 12.5. The van der Waals surface area contributed by atoms with Crippen molar-refractivity contribution in [3.05, 3.63) is 59.8 Å². The molecule has 8 nitrogen and oxygen atoms in total. The van der Waals surface area contributed by atoms with Gasteiger partial charge in [-0.15, -0.1) is 0 Å². The number of carbonyl (C=O) groups is 1. The lowest BCUT2D eigenvalue weighted by atomic mass is 9.94. The highest BCUT2D eigenvalue weighted by Gasteiger charge is 2.26. The summed E-state index contributed by atoms with van der Waals surface area (Å²) in [5, 5.41) is 3.87. The molecule has 10 heteroatoms. The maximum Gasteiger partial charge on any atom is 0.410 e. The van der Waals surface area contributed by atoms with Crippen LogP contribution in [0, 0.1) is 11.7 Å². The first-order valence-corrected chi connectivity index (χ1v) is 12.8. The molecular weight excluding hydrogens is 511 g/mol. The zero-order valence-electron chi connectivity index (χ0n) is 22.0. The number of ether oxygens (including phenoxy) is 3. The van der Waals surface area contributed by atoms with Crippen LogP contribution in [0.25, 0.3) is 10.9 Å². The Kier molecular flexibility index (Phi) is 8.56. The number of hydrogen-bond donors (Lipinski definition) is 1. The van der Waals surface area contributed by atoms with Crippen LogP contribution in [0.3, 0.4) is 0 Å². The van der Waals surface area contributed by atoms with Crippen molar-refractivity contribution < 1.29 is 23.4 Å². The fraction of sp³-hybridized carbons (Fsp3) is 0.393. The van der Waals surface area contributed by atoms with Gasteiger partial charge in [0.05, 0.1) is 23.9 Å². The van der Waals surface area contributed by atoms with E-state index in [-0.39, 0.29) is 11.1 Å². The maximum absolute atomic E-state index is 13.6. The smallest absolute Gasteiger partial charge is 0.410 e. The van der Waals surface area contributed by atoms with Gasteiger partial charge < -0.3 is 24.4 Å². The lowest BCUT2D eigenvalue weighted by molar-refractivity contribution is 0.0185. The first kappa shape index (κ1) is 27.4. The number of nitrogens with zero attached hydrogens (tertiary/aromatic N) is 3. The highest BCUT2D eigenvalue weighted by Crippen LogP contribution is 2.35. The van der Waals surface area contributed by atoms with Crippen molar-refractivity contribution in [1.29, 1.82) is 0 Å². The van der Waals surface area contributed by atoms with Gasteiger partial charge >= 0.3 is 6.09 Å². The molecule has 0 aliphatic carbocycles. The van der Waals surface area contributed by atoms with Crippen molar-refractivity contribution in [1.82, 2.24) is 14.9 Å². The Morgan fingerprint density at radius 3 is 2.63 bits per heavy atom. The maximum atomic E-state index is 13.6. The molecule has 4 rings (SSSR count). The van der Waals surface area contributed by atoms with E-state index in [0.29, 0.717) is 52.9 Å². The van der Waals surface area contributed by atoms with Crippen LogP contribution >= 0.6 is 11.6 Å². The molecule has 1 amide bonds. The second-order valence-corrected chi connectivity index (χ2v) is 10.5. The fourth-order valence-corrected chi connectivity index (χ4v) is 4.35. The SMILES string of the molecule is COc1cc2ncnc(Nc3ccc(F)c(Cl)c3)c2cc1OC=CCC1CCN(C(=O)OC(C)(C)C)CC1. The van der Waals surface area contributed by atoms with Crippen molar-refractivity contribution in [3.8, 4) is 11.5 Å². The Morgan fingerprint density at radius 1 is 1.18 bits per heavy atom. The number of aromatic nitrogens is 2. The van der Waals surface area contributed by atoms with Gasteiger partial charge in [0.1, 0.15) is 23.6 Å². The van der Waals surface area contributed by atoms with Crippen LogP contribution < -0.4 is 14.8 Å². The van der Waals surface area contributed by atoms with Crippen LogP contribution in [-0.2, 0) is 4.74 Å². The summed E-state index contributed by atoms with van der Waals surface area (Å²) in [4.78, 5) is 22.7. The minimum atomic E-state index is -0.495. The summed E-state index contributed by atoms with van der Waals surface area (Å²) in [5.74, 6) is 1.52. The molecule has 3 aromatic rings. The monoisotopic (exact) mass is 542 g/mol. The quantitative estimate of drug-likeness (QED) is 0.318. The summed E-state index contributed by atoms with van der Waals surface area (Å²) < 4.78 is 30.5. The van der Waals surface area contributed by atoms with E-state index in [1.807, 2.05) is 26.8 Å². The van der Waals surface area contributed by atoms with Crippen molar-refractivity contribution in [2.24, 2.45) is 5.92 Å². The molecule has 1 fully saturated rings. The van der Waals surface area contributed by atoms with Gasteiger partial charge in [0.25, 0.3) is 0 Å². The fourth-order valence-electron chi connectivity index (χ4n) is 4.17. The minimum absolute atomic E-state index is 0.0136. The molecule has 202 valence electrons. The molecule has 1 aliphatic heterocycles. The number of anilines is 2. The van der Waals surface area contributed by atoms with Crippen LogP contribution in [-0.4, -0.2) is 46.8 Å². The van der Waals surface area contributed by atoms with Gasteiger partial charge in [-0.05, 0) is 76.3 Å². The lowest BCUT2D eigenvalue weighted by Crippen LogP contribution is -2.41. The number of piperidine rings is 1. The standard InChI is InChI=1S/C28H32ClFN4O4/c1-28(2,3)38-27(35)34-11-9-18(10-12-34)6-5-13-37-25-15-20-23(16-24(25)36-4)31-17-32-26(20)33-19-7-8-22(30)21(29)14-19/h5,7-8,13-18H,6,9-12H2,1-4H3,(H,31,32,33). The number of methoxy groups -OCH3 is 1. The zero-order chi connectivity index (χ0) is 27.3. The predicted molar refractivity (Wildman–Crippen MR) is 146 cm³/mol. The van der Waals surface area contributed by atoms with Crippen molar-refractivity contribution >= 4 is 40.1 Å². The molecule has 38 heavy (non-hydrogen) atoms. The van der Waals surface area contributed by atoms with E-state index in [1.165, 1.54) is 18.5 Å². The van der Waals surface area contributed by atoms with E-state index in [2.05, 4.69) is 15.3 Å². The molecule has 0 unspecified atom stereocenters. The Balaban J connectivity index is 1.40. The van der Waals surface area contributed by atoms with Gasteiger partial charge in [-0.1, -0.05) is 11.6 Å². The number of benzene rings is 2. The molecule has 1 aliphatic rings. The summed E-state index contributed by atoms with van der Waals surface area (Å²) in [6.07, 6.45) is 7.46. The van der Waals surface area contributed by atoms with Crippen LogP contribution in [0.1, 0.15) is 40.0 Å². The topological polar surface area (TPSA) is 85.8 Å². The molecule has 0 atom stereocenters. The van der Waals surface area contributed by atoms with Crippen molar-refractivity contribution in [3.63, 3.8) is 0 Å². The molecule has 0 saturated carbocycles. The number of hydrogen-bond acceptors (Lipinski definition) is 7. The summed E-state index contributed by atoms with van der Waals surface area (Å²) in [5.41, 5.74) is 0.753. The average Bonchev–Trinajstić information content (AvgIpc) is 2.88. The normalized spacial score (nSPS) is 14.6. The number of likely N-dealkylation sites (tertiary alicyclic amines) is 1. The Hall–Kier alpha value is -3.59. The van der Waals surface area contributed by atoms with E-state index in [1.54, 1.807) is 36.5 Å². The largest absolute Gasteiger partial charge is 0.493 e. The molecule has 1 aromatic heterocycles. The summed E-state index contributed by atoms with van der Waals surface area (Å²) in [6, 6.07) is 7.93. The Labute approximate surface area is 226 Å². The second kappa shape index (κ2) is 11.9. The number of carbonyl (C=O) groups excluding carboxylic acids is 1. The highest BCUT2D eigenvalue weighted by molar-refractivity contribution is 6.31. The van der Waals surface area contributed by atoms with Crippen molar-refractivity contribution in [2.45, 2.75) is 45.6 Å². The van der Waals surface area contributed by atoms with Crippen LogP contribution in [0.2, 0.25) is 5.02 Å². The molecule has 1 N–H and O–H groups in total. The third-order valence-corrected chi connectivity index (χ3v) is 6.42. The highest BCUT2D eigenvalue weighted by atomic mass is 35.5. The second-order valence-electron chi connectivity index (χ2n) is 10.1.